The van der Waals surface area contributed by atoms with Crippen LogP contribution in [0.3, 0.4) is 0 Å². The molecule has 1 atom stereocenters. The summed E-state index contributed by atoms with van der Waals surface area (Å²) in [7, 11) is -4.72. The highest BCUT2D eigenvalue weighted by atomic mass is 31.2. The van der Waals surface area contributed by atoms with E-state index in [1.807, 2.05) is 0 Å². The first-order valence-electron chi connectivity index (χ1n) is 13.8. The van der Waals surface area contributed by atoms with E-state index in [0.717, 1.165) is 51.4 Å². The van der Waals surface area contributed by atoms with Gasteiger partial charge in [0.1, 0.15) is 6.61 Å². The average molecular weight is 523 g/mol. The number of unbranched alkanes of at least 4 members (excludes halogenated alkanes) is 15. The van der Waals surface area contributed by atoms with Gasteiger partial charge in [0.25, 0.3) is 0 Å². The van der Waals surface area contributed by atoms with E-state index < -0.39 is 32.5 Å². The number of hydrogen-bond donors (Lipinski definition) is 2. The normalized spacial score (nSPS) is 12.5. The Hall–Kier alpha value is -0.950. The van der Waals surface area contributed by atoms with Crippen LogP contribution in [0, 0.1) is 0 Å². The monoisotopic (exact) mass is 522 g/mol. The van der Waals surface area contributed by atoms with Crippen LogP contribution in [0.5, 0.6) is 0 Å². The fraction of sp³-hybridized carbons (Fsp3) is 0.923. The van der Waals surface area contributed by atoms with E-state index in [1.54, 1.807) is 0 Å². The van der Waals surface area contributed by atoms with Crippen molar-refractivity contribution in [2.24, 2.45) is 0 Å². The van der Waals surface area contributed by atoms with E-state index >= 15 is 0 Å². The number of ether oxygens (including phenoxy) is 2. The van der Waals surface area contributed by atoms with Crippen molar-refractivity contribution in [1.82, 2.24) is 0 Å². The van der Waals surface area contributed by atoms with Gasteiger partial charge >= 0.3 is 19.8 Å². The van der Waals surface area contributed by atoms with Crippen LogP contribution in [0.25, 0.3) is 0 Å². The lowest BCUT2D eigenvalue weighted by atomic mass is 10.1. The predicted octanol–water partition coefficient (Wildman–Crippen LogP) is 7.00. The second-order valence-corrected chi connectivity index (χ2v) is 10.6. The first-order chi connectivity index (χ1) is 16.8. The van der Waals surface area contributed by atoms with Crippen molar-refractivity contribution in [3.63, 3.8) is 0 Å². The molecule has 0 aromatic carbocycles. The Morgan fingerprint density at radius 2 is 1.03 bits per heavy atom. The Morgan fingerprint density at radius 1 is 0.629 bits per heavy atom. The molecule has 0 bridgehead atoms. The van der Waals surface area contributed by atoms with Crippen molar-refractivity contribution in [2.75, 3.05) is 13.2 Å². The van der Waals surface area contributed by atoms with Gasteiger partial charge in [0.05, 0.1) is 6.61 Å². The number of rotatable bonds is 25. The zero-order valence-corrected chi connectivity index (χ0v) is 23.1. The lowest BCUT2D eigenvalue weighted by Crippen LogP contribution is -2.29. The molecule has 0 rings (SSSR count). The highest BCUT2D eigenvalue weighted by molar-refractivity contribution is 7.46. The summed E-state index contributed by atoms with van der Waals surface area (Å²) in [6, 6.07) is 0. The van der Waals surface area contributed by atoms with Crippen LogP contribution in [-0.4, -0.2) is 41.0 Å². The smallest absolute Gasteiger partial charge is 0.462 e. The van der Waals surface area contributed by atoms with E-state index in [9.17, 15) is 14.2 Å². The van der Waals surface area contributed by atoms with E-state index in [4.69, 9.17) is 19.3 Å². The van der Waals surface area contributed by atoms with Crippen LogP contribution in [-0.2, 0) is 28.2 Å². The molecule has 0 aliphatic heterocycles. The Morgan fingerprint density at radius 3 is 1.46 bits per heavy atom. The molecule has 0 amide bonds. The van der Waals surface area contributed by atoms with Crippen molar-refractivity contribution in [1.29, 1.82) is 0 Å². The van der Waals surface area contributed by atoms with Gasteiger partial charge in [-0.2, -0.15) is 0 Å². The third-order valence-corrected chi connectivity index (χ3v) is 6.36. The van der Waals surface area contributed by atoms with Gasteiger partial charge < -0.3 is 19.3 Å². The quantitative estimate of drug-likeness (QED) is 0.0747. The molecular weight excluding hydrogens is 471 g/mol. The highest BCUT2D eigenvalue weighted by Gasteiger charge is 2.22. The summed E-state index contributed by atoms with van der Waals surface area (Å²) in [5.41, 5.74) is 0. The first-order valence-corrected chi connectivity index (χ1v) is 15.4. The zero-order valence-electron chi connectivity index (χ0n) is 22.2. The number of carbonyl (C=O) groups is 2. The fourth-order valence-corrected chi connectivity index (χ4v) is 4.14. The van der Waals surface area contributed by atoms with Gasteiger partial charge in [-0.05, 0) is 12.8 Å². The standard InChI is InChI=1S/C26H51O8P/c1-3-5-7-9-11-12-13-14-15-17-19-21-26(28)34-24(23-33-35(29,30)31)22-32-25(27)20-18-16-10-8-6-4-2/h24H,3-23H2,1-2H3,(H2,29,30,31). The van der Waals surface area contributed by atoms with Crippen LogP contribution < -0.4 is 0 Å². The largest absolute Gasteiger partial charge is 0.469 e. The van der Waals surface area contributed by atoms with Gasteiger partial charge in [-0.15, -0.1) is 0 Å². The minimum Gasteiger partial charge on any atom is -0.462 e. The molecule has 35 heavy (non-hydrogen) atoms. The van der Waals surface area contributed by atoms with Crippen molar-refractivity contribution >= 4 is 19.8 Å². The second kappa shape index (κ2) is 23.4. The topological polar surface area (TPSA) is 119 Å². The lowest BCUT2D eigenvalue weighted by molar-refractivity contribution is -0.161. The number of phosphoric acid groups is 1. The number of carbonyl (C=O) groups excluding carboxylic acids is 2. The number of hydrogen-bond acceptors (Lipinski definition) is 6. The summed E-state index contributed by atoms with van der Waals surface area (Å²) < 4.78 is 25.9. The van der Waals surface area contributed by atoms with Crippen molar-refractivity contribution in [3.8, 4) is 0 Å². The first kappa shape index (κ1) is 34.0. The van der Waals surface area contributed by atoms with Gasteiger partial charge in [0, 0.05) is 12.8 Å². The Bertz CT molecular complexity index is 564. The van der Waals surface area contributed by atoms with Gasteiger partial charge in [-0.1, -0.05) is 110 Å². The fourth-order valence-electron chi connectivity index (χ4n) is 3.78. The Kier molecular flexibility index (Phi) is 22.8. The van der Waals surface area contributed by atoms with Crippen molar-refractivity contribution in [2.45, 2.75) is 142 Å². The summed E-state index contributed by atoms with van der Waals surface area (Å²) in [4.78, 5) is 42.0. The van der Waals surface area contributed by atoms with Crippen molar-refractivity contribution in [3.05, 3.63) is 0 Å². The highest BCUT2D eigenvalue weighted by Crippen LogP contribution is 2.35. The molecular formula is C26H51O8P. The molecule has 1 unspecified atom stereocenters. The lowest BCUT2D eigenvalue weighted by Gasteiger charge is -2.18. The van der Waals surface area contributed by atoms with E-state index in [1.165, 1.54) is 51.4 Å². The van der Waals surface area contributed by atoms with Gasteiger partial charge in [-0.25, -0.2) is 4.57 Å². The van der Waals surface area contributed by atoms with E-state index in [0.29, 0.717) is 6.42 Å². The summed E-state index contributed by atoms with van der Waals surface area (Å²) in [5.74, 6) is -0.893. The van der Waals surface area contributed by atoms with Crippen LogP contribution in [0.4, 0.5) is 0 Å². The van der Waals surface area contributed by atoms with Crippen LogP contribution >= 0.6 is 7.82 Å². The molecule has 0 saturated carbocycles. The van der Waals surface area contributed by atoms with Crippen molar-refractivity contribution < 1.29 is 37.9 Å². The summed E-state index contributed by atoms with van der Waals surface area (Å²) in [6.07, 6.45) is 18.6. The van der Waals surface area contributed by atoms with Gasteiger partial charge in [-0.3, -0.25) is 14.1 Å². The molecule has 0 aliphatic rings. The maximum absolute atomic E-state index is 12.2. The number of phosphoric ester groups is 1. The summed E-state index contributed by atoms with van der Waals surface area (Å²) in [5, 5.41) is 0. The molecule has 0 fully saturated rings. The maximum atomic E-state index is 12.2. The molecule has 0 aromatic heterocycles. The Balaban J connectivity index is 4.07. The molecule has 0 saturated heterocycles. The molecule has 0 spiro atoms. The predicted molar refractivity (Wildman–Crippen MR) is 138 cm³/mol. The van der Waals surface area contributed by atoms with E-state index in [-0.39, 0.29) is 19.4 Å². The molecule has 208 valence electrons. The minimum absolute atomic E-state index is 0.217. The average Bonchev–Trinajstić information content (AvgIpc) is 2.81. The number of esters is 2. The third kappa shape index (κ3) is 25.9. The second-order valence-electron chi connectivity index (χ2n) is 9.38. The minimum atomic E-state index is -4.72. The van der Waals surface area contributed by atoms with Crippen LogP contribution in [0.2, 0.25) is 0 Å². The van der Waals surface area contributed by atoms with Gasteiger partial charge in [0.2, 0.25) is 0 Å². The summed E-state index contributed by atoms with van der Waals surface area (Å²) >= 11 is 0. The molecule has 0 radical (unpaired) electrons. The molecule has 0 aromatic rings. The van der Waals surface area contributed by atoms with Crippen LogP contribution in [0.15, 0.2) is 0 Å². The third-order valence-electron chi connectivity index (χ3n) is 5.88. The van der Waals surface area contributed by atoms with Gasteiger partial charge in [0.15, 0.2) is 6.10 Å². The molecule has 0 heterocycles. The van der Waals surface area contributed by atoms with Crippen LogP contribution in [0.1, 0.15) is 136 Å². The molecule has 9 heteroatoms. The molecule has 2 N–H and O–H groups in total. The Labute approximate surface area is 213 Å². The summed E-state index contributed by atoms with van der Waals surface area (Å²) in [6.45, 7) is 3.56. The molecule has 8 nitrogen and oxygen atoms in total. The SMILES string of the molecule is CCCCCCCCCCCCCC(=O)OC(COC(=O)CCCCCCCC)COP(=O)(O)O. The molecule has 0 aliphatic carbocycles. The zero-order chi connectivity index (χ0) is 26.2. The van der Waals surface area contributed by atoms with E-state index in [2.05, 4.69) is 18.4 Å². The maximum Gasteiger partial charge on any atom is 0.469 e.